The molecule has 2 rings (SSSR count). The molecule has 0 spiro atoms. The molecule has 2 heterocycles. The molecule has 1 atom stereocenters. The van der Waals surface area contributed by atoms with Gasteiger partial charge in [0.05, 0.1) is 5.25 Å². The van der Waals surface area contributed by atoms with Gasteiger partial charge in [-0.15, -0.1) is 0 Å². The van der Waals surface area contributed by atoms with Gasteiger partial charge in [0.25, 0.3) is 0 Å². The van der Waals surface area contributed by atoms with Gasteiger partial charge in [-0.05, 0) is 61.7 Å². The SMILES string of the molecule is CC(C)(C)OC(=O)N1CCC[C@H](S(=O)(=O)c2cccc(Br)n2)C1. The molecule has 0 radical (unpaired) electrons. The molecule has 1 amide bonds. The summed E-state index contributed by atoms with van der Waals surface area (Å²) < 4.78 is 31.3. The van der Waals surface area contributed by atoms with Crippen molar-refractivity contribution in [2.75, 3.05) is 13.1 Å². The molecule has 1 aliphatic heterocycles. The first-order valence-corrected chi connectivity index (χ1v) is 9.78. The van der Waals surface area contributed by atoms with E-state index in [1.807, 2.05) is 0 Å². The Morgan fingerprint density at radius 3 is 2.70 bits per heavy atom. The number of halogens is 1. The molecule has 1 aromatic heterocycles. The fourth-order valence-corrected chi connectivity index (χ4v) is 4.55. The summed E-state index contributed by atoms with van der Waals surface area (Å²) in [6.45, 7) is 6.00. The minimum atomic E-state index is -3.59. The van der Waals surface area contributed by atoms with Crippen molar-refractivity contribution in [1.29, 1.82) is 0 Å². The summed E-state index contributed by atoms with van der Waals surface area (Å²) in [5.41, 5.74) is -0.602. The van der Waals surface area contributed by atoms with Crippen LogP contribution >= 0.6 is 15.9 Å². The van der Waals surface area contributed by atoms with Crippen LogP contribution in [-0.4, -0.2) is 48.3 Å². The smallest absolute Gasteiger partial charge is 0.410 e. The van der Waals surface area contributed by atoms with Crippen LogP contribution in [0.1, 0.15) is 33.6 Å². The number of carbonyl (C=O) groups is 1. The van der Waals surface area contributed by atoms with E-state index >= 15 is 0 Å². The van der Waals surface area contributed by atoms with Gasteiger partial charge >= 0.3 is 6.09 Å². The number of aromatic nitrogens is 1. The highest BCUT2D eigenvalue weighted by Crippen LogP contribution is 2.24. The average Bonchev–Trinajstić information content (AvgIpc) is 2.45. The summed E-state index contributed by atoms with van der Waals surface area (Å²) >= 11 is 3.19. The largest absolute Gasteiger partial charge is 0.444 e. The number of nitrogens with zero attached hydrogens (tertiary/aromatic N) is 2. The van der Waals surface area contributed by atoms with E-state index in [9.17, 15) is 13.2 Å². The molecule has 0 aliphatic carbocycles. The van der Waals surface area contributed by atoms with Crippen molar-refractivity contribution in [2.45, 2.75) is 49.5 Å². The van der Waals surface area contributed by atoms with Gasteiger partial charge in [-0.2, -0.15) is 0 Å². The number of hydrogen-bond donors (Lipinski definition) is 0. The van der Waals surface area contributed by atoms with E-state index in [-0.39, 0.29) is 11.6 Å². The third-order valence-electron chi connectivity index (χ3n) is 3.45. The van der Waals surface area contributed by atoms with Crippen LogP contribution in [0.25, 0.3) is 0 Å². The summed E-state index contributed by atoms with van der Waals surface area (Å²) in [7, 11) is -3.59. The molecule has 128 valence electrons. The Balaban J connectivity index is 2.16. The predicted molar refractivity (Wildman–Crippen MR) is 90.0 cm³/mol. The van der Waals surface area contributed by atoms with Crippen molar-refractivity contribution >= 4 is 31.9 Å². The lowest BCUT2D eigenvalue weighted by molar-refractivity contribution is 0.0219. The lowest BCUT2D eigenvalue weighted by Crippen LogP contribution is -2.47. The van der Waals surface area contributed by atoms with Gasteiger partial charge in [-0.3, -0.25) is 0 Å². The first-order chi connectivity index (χ1) is 10.6. The highest BCUT2D eigenvalue weighted by molar-refractivity contribution is 9.10. The maximum absolute atomic E-state index is 12.7. The van der Waals surface area contributed by atoms with Crippen molar-refractivity contribution in [2.24, 2.45) is 0 Å². The van der Waals surface area contributed by atoms with Crippen molar-refractivity contribution in [3.63, 3.8) is 0 Å². The molecule has 8 heteroatoms. The van der Waals surface area contributed by atoms with Crippen molar-refractivity contribution in [3.05, 3.63) is 22.8 Å². The Morgan fingerprint density at radius 1 is 1.39 bits per heavy atom. The van der Waals surface area contributed by atoms with Crippen LogP contribution in [0.15, 0.2) is 27.8 Å². The Labute approximate surface area is 145 Å². The topological polar surface area (TPSA) is 76.6 Å². The highest BCUT2D eigenvalue weighted by Gasteiger charge is 2.36. The normalized spacial score (nSPS) is 19.5. The fraction of sp³-hybridized carbons (Fsp3) is 0.600. The quantitative estimate of drug-likeness (QED) is 0.707. The van der Waals surface area contributed by atoms with E-state index < -0.39 is 26.8 Å². The first-order valence-electron chi connectivity index (χ1n) is 7.44. The number of hydrogen-bond acceptors (Lipinski definition) is 5. The molecular weight excluding hydrogens is 384 g/mol. The second-order valence-electron chi connectivity index (χ2n) is 6.53. The number of carbonyl (C=O) groups excluding carboxylic acids is 1. The van der Waals surface area contributed by atoms with Gasteiger partial charge in [0.15, 0.2) is 14.9 Å². The molecule has 1 saturated heterocycles. The van der Waals surface area contributed by atoms with Crippen LogP contribution in [0.5, 0.6) is 0 Å². The maximum atomic E-state index is 12.7. The van der Waals surface area contributed by atoms with E-state index in [0.717, 1.165) is 0 Å². The minimum absolute atomic E-state index is 0.0305. The summed E-state index contributed by atoms with van der Waals surface area (Å²) in [5, 5.41) is -0.631. The predicted octanol–water partition coefficient (Wildman–Crippen LogP) is 3.02. The summed E-state index contributed by atoms with van der Waals surface area (Å²) in [6.07, 6.45) is 0.659. The second-order valence-corrected chi connectivity index (χ2v) is 9.52. The Morgan fingerprint density at radius 2 is 2.09 bits per heavy atom. The number of amides is 1. The standard InChI is InChI=1S/C15H21BrN2O4S/c1-15(2,3)22-14(19)18-9-5-6-11(10-18)23(20,21)13-8-4-7-12(16)17-13/h4,7-8,11H,5-6,9-10H2,1-3H3/t11-/m0/s1. The monoisotopic (exact) mass is 404 g/mol. The van der Waals surface area contributed by atoms with Gasteiger partial charge in [-0.25, -0.2) is 18.2 Å². The summed E-state index contributed by atoms with van der Waals surface area (Å²) in [5.74, 6) is 0. The zero-order valence-corrected chi connectivity index (χ0v) is 15.9. The number of sulfone groups is 1. The zero-order chi connectivity index (χ0) is 17.3. The van der Waals surface area contributed by atoms with Gasteiger partial charge in [0, 0.05) is 13.1 Å². The lowest BCUT2D eigenvalue weighted by atomic mass is 10.1. The van der Waals surface area contributed by atoms with Crippen LogP contribution in [-0.2, 0) is 14.6 Å². The van der Waals surface area contributed by atoms with E-state index in [1.165, 1.54) is 11.0 Å². The molecule has 23 heavy (non-hydrogen) atoms. The molecule has 0 unspecified atom stereocenters. The molecule has 0 bridgehead atoms. The van der Waals surface area contributed by atoms with Crippen LogP contribution in [0.4, 0.5) is 4.79 Å². The number of ether oxygens (including phenoxy) is 1. The first kappa shape index (κ1) is 18.2. The van der Waals surface area contributed by atoms with E-state index in [1.54, 1.807) is 32.9 Å². The summed E-state index contributed by atoms with van der Waals surface area (Å²) in [4.78, 5) is 17.7. The van der Waals surface area contributed by atoms with E-state index in [4.69, 9.17) is 4.74 Å². The van der Waals surface area contributed by atoms with Crippen molar-refractivity contribution < 1.29 is 17.9 Å². The zero-order valence-electron chi connectivity index (χ0n) is 13.5. The number of likely N-dealkylation sites (tertiary alicyclic amines) is 1. The van der Waals surface area contributed by atoms with Gasteiger partial charge in [-0.1, -0.05) is 6.07 Å². The van der Waals surface area contributed by atoms with Gasteiger partial charge in [0.2, 0.25) is 0 Å². The number of piperidine rings is 1. The van der Waals surface area contributed by atoms with Crippen molar-refractivity contribution in [3.8, 4) is 0 Å². The van der Waals surface area contributed by atoms with Crippen LogP contribution in [0.2, 0.25) is 0 Å². The third kappa shape index (κ3) is 4.67. The molecule has 1 aromatic rings. The molecular formula is C15H21BrN2O4S. The second kappa shape index (κ2) is 6.76. The van der Waals surface area contributed by atoms with Crippen molar-refractivity contribution in [1.82, 2.24) is 9.88 Å². The van der Waals surface area contributed by atoms with Gasteiger partial charge < -0.3 is 9.64 Å². The fourth-order valence-electron chi connectivity index (χ4n) is 2.40. The molecule has 1 aliphatic rings. The lowest BCUT2D eigenvalue weighted by Gasteiger charge is -2.33. The van der Waals surface area contributed by atoms with Crippen LogP contribution < -0.4 is 0 Å². The van der Waals surface area contributed by atoms with Crippen LogP contribution in [0.3, 0.4) is 0 Å². The van der Waals surface area contributed by atoms with Crippen LogP contribution in [0, 0.1) is 0 Å². The van der Waals surface area contributed by atoms with E-state index in [2.05, 4.69) is 20.9 Å². The highest BCUT2D eigenvalue weighted by atomic mass is 79.9. The third-order valence-corrected chi connectivity index (χ3v) is 5.96. The maximum Gasteiger partial charge on any atom is 0.410 e. The molecule has 6 nitrogen and oxygen atoms in total. The molecule has 0 saturated carbocycles. The molecule has 0 aromatic carbocycles. The molecule has 1 fully saturated rings. The minimum Gasteiger partial charge on any atom is -0.444 e. The van der Waals surface area contributed by atoms with E-state index in [0.29, 0.717) is 24.0 Å². The number of rotatable bonds is 2. The molecule has 0 N–H and O–H groups in total. The average molecular weight is 405 g/mol. The van der Waals surface area contributed by atoms with Gasteiger partial charge in [0.1, 0.15) is 10.2 Å². The Hall–Kier alpha value is -1.15. The Bertz CT molecular complexity index is 685. The Kier molecular flexibility index (Phi) is 5.35. The number of pyridine rings is 1. The summed E-state index contributed by atoms with van der Waals surface area (Å²) in [6, 6.07) is 4.79.